The monoisotopic (exact) mass is 512 g/mol. The van der Waals surface area contributed by atoms with Gasteiger partial charge in [-0.1, -0.05) is 6.07 Å². The van der Waals surface area contributed by atoms with Crippen molar-refractivity contribution in [3.8, 4) is 23.2 Å². The van der Waals surface area contributed by atoms with Crippen LogP contribution in [-0.2, 0) is 6.54 Å². The van der Waals surface area contributed by atoms with Crippen molar-refractivity contribution in [3.05, 3.63) is 64.9 Å². The predicted octanol–water partition coefficient (Wildman–Crippen LogP) is 3.50. The maximum absolute atomic E-state index is 13.6. The van der Waals surface area contributed by atoms with Crippen molar-refractivity contribution >= 4 is 21.6 Å². The fourth-order valence-electron chi connectivity index (χ4n) is 4.55. The van der Waals surface area contributed by atoms with Crippen LogP contribution in [0.3, 0.4) is 0 Å². The predicted molar refractivity (Wildman–Crippen MR) is 137 cm³/mol. The van der Waals surface area contributed by atoms with Gasteiger partial charge in [0.15, 0.2) is 5.88 Å². The van der Waals surface area contributed by atoms with E-state index in [-0.39, 0.29) is 18.4 Å². The molecule has 10 heteroatoms. The number of benzene rings is 2. The molecule has 36 heavy (non-hydrogen) atoms. The lowest BCUT2D eigenvalue weighted by atomic mass is 10.2. The van der Waals surface area contributed by atoms with Gasteiger partial charge in [-0.2, -0.15) is 0 Å². The zero-order chi connectivity index (χ0) is 25.2. The normalized spacial score (nSPS) is 16.0. The Morgan fingerprint density at radius 3 is 2.61 bits per heavy atom. The lowest BCUT2D eigenvalue weighted by Gasteiger charge is -2.35. The summed E-state index contributed by atoms with van der Waals surface area (Å²) < 4.78 is 21.7. The van der Waals surface area contributed by atoms with Crippen LogP contribution in [0.25, 0.3) is 15.9 Å². The van der Waals surface area contributed by atoms with E-state index >= 15 is 0 Å². The summed E-state index contributed by atoms with van der Waals surface area (Å²) in [7, 11) is 0. The number of fused-ring (bicyclic) bond motifs is 1. The topological polar surface area (TPSA) is 94.2 Å². The average Bonchev–Trinajstić information content (AvgIpc) is 3.35. The molecule has 1 atom stereocenters. The first kappa shape index (κ1) is 24.5. The fourth-order valence-corrected chi connectivity index (χ4v) is 5.36. The Bertz CT molecular complexity index is 1350. The number of rotatable bonds is 8. The number of aromatic hydroxyl groups is 2. The largest absolute Gasteiger partial charge is 0.494 e. The molecule has 190 valence electrons. The molecule has 2 aromatic carbocycles. The van der Waals surface area contributed by atoms with E-state index in [1.54, 1.807) is 17.4 Å². The SMILES string of the molecule is Cc1nc2cc(OCC(O)CN3CCN(Cc4cc(O)n(-c5cccc(F)c5)c4O)CC3)ccc2s1. The van der Waals surface area contributed by atoms with Crippen molar-refractivity contribution in [2.24, 2.45) is 0 Å². The first-order chi connectivity index (χ1) is 17.4. The van der Waals surface area contributed by atoms with E-state index in [0.29, 0.717) is 30.1 Å². The summed E-state index contributed by atoms with van der Waals surface area (Å²) in [6.07, 6.45) is -0.620. The third-order valence-corrected chi connectivity index (χ3v) is 7.29. The Morgan fingerprint density at radius 2 is 1.83 bits per heavy atom. The summed E-state index contributed by atoms with van der Waals surface area (Å²) in [4.78, 5) is 8.84. The number of aromatic nitrogens is 2. The van der Waals surface area contributed by atoms with Crippen molar-refractivity contribution in [1.29, 1.82) is 0 Å². The number of aliphatic hydroxyl groups excluding tert-OH is 1. The van der Waals surface area contributed by atoms with E-state index in [2.05, 4.69) is 14.8 Å². The lowest BCUT2D eigenvalue weighted by Crippen LogP contribution is -2.48. The van der Waals surface area contributed by atoms with Crippen LogP contribution in [0.5, 0.6) is 17.5 Å². The summed E-state index contributed by atoms with van der Waals surface area (Å²) in [5.41, 5.74) is 1.84. The molecule has 4 aromatic rings. The van der Waals surface area contributed by atoms with Gasteiger partial charge in [-0.3, -0.25) is 14.4 Å². The zero-order valence-electron chi connectivity index (χ0n) is 20.0. The highest BCUT2D eigenvalue weighted by Crippen LogP contribution is 2.33. The first-order valence-electron chi connectivity index (χ1n) is 11.9. The van der Waals surface area contributed by atoms with Crippen LogP contribution < -0.4 is 4.74 Å². The molecule has 0 radical (unpaired) electrons. The van der Waals surface area contributed by atoms with Crippen LogP contribution in [-0.4, -0.2) is 80.1 Å². The van der Waals surface area contributed by atoms with Crippen LogP contribution in [0.15, 0.2) is 48.5 Å². The Morgan fingerprint density at radius 1 is 1.06 bits per heavy atom. The second kappa shape index (κ2) is 10.4. The molecule has 3 heterocycles. The van der Waals surface area contributed by atoms with Crippen molar-refractivity contribution in [1.82, 2.24) is 19.4 Å². The first-order valence-corrected chi connectivity index (χ1v) is 12.7. The minimum atomic E-state index is -0.620. The highest BCUT2D eigenvalue weighted by atomic mass is 32.1. The van der Waals surface area contributed by atoms with Crippen molar-refractivity contribution in [2.45, 2.75) is 19.6 Å². The number of aryl methyl sites for hydroxylation is 1. The summed E-state index contributed by atoms with van der Waals surface area (Å²) in [6.45, 7) is 6.17. The number of hydrogen-bond acceptors (Lipinski definition) is 8. The van der Waals surface area contributed by atoms with Gasteiger partial charge in [-0.25, -0.2) is 9.37 Å². The summed E-state index contributed by atoms with van der Waals surface area (Å²) in [6, 6.07) is 13.0. The smallest absolute Gasteiger partial charge is 0.203 e. The molecule has 5 rings (SSSR count). The van der Waals surface area contributed by atoms with E-state index in [1.807, 2.05) is 25.1 Å². The maximum Gasteiger partial charge on any atom is 0.203 e. The van der Waals surface area contributed by atoms with Crippen LogP contribution in [0, 0.1) is 12.7 Å². The minimum absolute atomic E-state index is 0.0981. The van der Waals surface area contributed by atoms with Gasteiger partial charge in [0.1, 0.15) is 24.3 Å². The molecule has 0 spiro atoms. The van der Waals surface area contributed by atoms with Crippen molar-refractivity contribution < 1.29 is 24.4 Å². The van der Waals surface area contributed by atoms with Gasteiger partial charge in [0.05, 0.1) is 20.9 Å². The Kier molecular flexibility index (Phi) is 7.10. The molecule has 1 fully saturated rings. The summed E-state index contributed by atoms with van der Waals surface area (Å²) in [5, 5.41) is 32.5. The van der Waals surface area contributed by atoms with Gasteiger partial charge in [-0.15, -0.1) is 11.3 Å². The molecule has 0 aliphatic carbocycles. The number of hydrogen-bond donors (Lipinski definition) is 3. The molecule has 3 N–H and O–H groups in total. The van der Waals surface area contributed by atoms with Crippen LogP contribution in [0.2, 0.25) is 0 Å². The molecule has 8 nitrogen and oxygen atoms in total. The van der Waals surface area contributed by atoms with E-state index in [9.17, 15) is 19.7 Å². The highest BCUT2D eigenvalue weighted by molar-refractivity contribution is 7.18. The molecule has 1 aliphatic rings. The third kappa shape index (κ3) is 5.46. The van der Waals surface area contributed by atoms with Gasteiger partial charge >= 0.3 is 0 Å². The van der Waals surface area contributed by atoms with E-state index < -0.39 is 11.9 Å². The molecule has 1 unspecified atom stereocenters. The number of piperazine rings is 1. The third-order valence-electron chi connectivity index (χ3n) is 6.33. The maximum atomic E-state index is 13.6. The molecule has 0 saturated carbocycles. The number of halogens is 1. The molecule has 1 saturated heterocycles. The highest BCUT2D eigenvalue weighted by Gasteiger charge is 2.23. The Labute approximate surface area is 212 Å². The fraction of sp³-hybridized carbons (Fsp3) is 0.346. The standard InChI is InChI=1S/C26H29FN4O4S/c1-17-28-23-13-22(5-6-24(23)36-17)35-16-21(32)15-30-9-7-29(8-10-30)14-18-11-25(33)31(26(18)34)20-4-2-3-19(27)12-20/h2-6,11-13,21,32-34H,7-10,14-16H2,1H3. The quantitative estimate of drug-likeness (QED) is 0.333. The second-order valence-electron chi connectivity index (χ2n) is 9.07. The molecular weight excluding hydrogens is 483 g/mol. The molecule has 0 bridgehead atoms. The van der Waals surface area contributed by atoms with Gasteiger partial charge in [-0.05, 0) is 37.3 Å². The Hall–Kier alpha value is -3.18. The molecule has 2 aromatic heterocycles. The lowest BCUT2D eigenvalue weighted by molar-refractivity contribution is 0.0445. The van der Waals surface area contributed by atoms with Crippen molar-refractivity contribution in [2.75, 3.05) is 39.3 Å². The Balaban J connectivity index is 1.10. The van der Waals surface area contributed by atoms with E-state index in [4.69, 9.17) is 4.74 Å². The minimum Gasteiger partial charge on any atom is -0.494 e. The van der Waals surface area contributed by atoms with Gasteiger partial charge < -0.3 is 20.1 Å². The van der Waals surface area contributed by atoms with Crippen LogP contribution in [0.4, 0.5) is 4.39 Å². The van der Waals surface area contributed by atoms with Gasteiger partial charge in [0.25, 0.3) is 0 Å². The summed E-state index contributed by atoms with van der Waals surface area (Å²) in [5.74, 6) is 0.0174. The number of thiazole rings is 1. The number of ether oxygens (including phenoxy) is 1. The summed E-state index contributed by atoms with van der Waals surface area (Å²) >= 11 is 1.64. The van der Waals surface area contributed by atoms with E-state index in [1.165, 1.54) is 28.8 Å². The number of aliphatic hydroxyl groups is 1. The molecule has 0 amide bonds. The van der Waals surface area contributed by atoms with E-state index in [0.717, 1.165) is 41.4 Å². The average molecular weight is 513 g/mol. The number of β-amino-alcohol motifs (C(OH)–C–C–N with tert-alkyl or cyclic N) is 1. The van der Waals surface area contributed by atoms with Crippen LogP contribution >= 0.6 is 11.3 Å². The van der Waals surface area contributed by atoms with Crippen LogP contribution in [0.1, 0.15) is 10.6 Å². The van der Waals surface area contributed by atoms with Crippen molar-refractivity contribution in [3.63, 3.8) is 0 Å². The number of nitrogens with zero attached hydrogens (tertiary/aromatic N) is 4. The second-order valence-corrected chi connectivity index (χ2v) is 10.3. The zero-order valence-corrected chi connectivity index (χ0v) is 20.8. The molecule has 1 aliphatic heterocycles. The molecular formula is C26H29FN4O4S. The van der Waals surface area contributed by atoms with Gasteiger partial charge in [0, 0.05) is 57.0 Å². The van der Waals surface area contributed by atoms with Gasteiger partial charge in [0.2, 0.25) is 5.88 Å².